The van der Waals surface area contributed by atoms with Gasteiger partial charge >= 0.3 is 0 Å². The van der Waals surface area contributed by atoms with Gasteiger partial charge in [-0.25, -0.2) is 4.98 Å². The number of aromatic nitrogens is 2. The van der Waals surface area contributed by atoms with Crippen LogP contribution in [0.1, 0.15) is 45.0 Å². The molecule has 1 aliphatic rings. The van der Waals surface area contributed by atoms with Crippen LogP contribution in [0.15, 0.2) is 40.0 Å². The molecular weight excluding hydrogens is 414 g/mol. The molecule has 7 heteroatoms. The van der Waals surface area contributed by atoms with Crippen molar-refractivity contribution in [1.29, 1.82) is 0 Å². The Morgan fingerprint density at radius 2 is 2.00 bits per heavy atom. The standard InChI is InChI=1S/C23H25N3O2S2/c1-13-7-9-26(10-8-13)23(28)20-16(4)19-21(27)24-18(25-22(19)30-20)12-29-17-11-14(2)5-6-15(17)3/h5-6,11H,1,7-10,12H2,2-4H3,(H,24,25,27). The molecule has 0 aliphatic carbocycles. The minimum Gasteiger partial charge on any atom is -0.337 e. The third-order valence-electron chi connectivity index (χ3n) is 5.51. The molecule has 0 unspecified atom stereocenters. The Kier molecular flexibility index (Phi) is 5.84. The van der Waals surface area contributed by atoms with Crippen LogP contribution in [-0.4, -0.2) is 33.9 Å². The van der Waals surface area contributed by atoms with Gasteiger partial charge in [0.15, 0.2) is 0 Å². The number of hydrogen-bond acceptors (Lipinski definition) is 5. The lowest BCUT2D eigenvalue weighted by atomic mass is 10.1. The lowest BCUT2D eigenvalue weighted by Crippen LogP contribution is -2.36. The first-order valence-corrected chi connectivity index (χ1v) is 11.8. The van der Waals surface area contributed by atoms with Crippen molar-refractivity contribution in [3.05, 3.63) is 68.1 Å². The van der Waals surface area contributed by atoms with E-state index in [0.717, 1.165) is 18.4 Å². The van der Waals surface area contributed by atoms with E-state index < -0.39 is 0 Å². The van der Waals surface area contributed by atoms with Crippen molar-refractivity contribution in [2.45, 2.75) is 44.3 Å². The van der Waals surface area contributed by atoms with Crippen molar-refractivity contribution >= 4 is 39.2 Å². The van der Waals surface area contributed by atoms with Gasteiger partial charge in [0, 0.05) is 18.0 Å². The highest BCUT2D eigenvalue weighted by atomic mass is 32.2. The zero-order valence-corrected chi connectivity index (χ0v) is 19.1. The fourth-order valence-electron chi connectivity index (χ4n) is 3.64. The molecule has 5 nitrogen and oxygen atoms in total. The minimum absolute atomic E-state index is 0.00582. The molecule has 4 rings (SSSR count). The lowest BCUT2D eigenvalue weighted by Gasteiger charge is -2.27. The first kappa shape index (κ1) is 20.9. The van der Waals surface area contributed by atoms with E-state index in [0.29, 0.717) is 39.8 Å². The first-order valence-electron chi connectivity index (χ1n) is 10.0. The number of hydrogen-bond donors (Lipinski definition) is 1. The van der Waals surface area contributed by atoms with Crippen molar-refractivity contribution in [3.63, 3.8) is 0 Å². The van der Waals surface area contributed by atoms with Gasteiger partial charge < -0.3 is 9.88 Å². The summed E-state index contributed by atoms with van der Waals surface area (Å²) < 4.78 is 0. The van der Waals surface area contributed by atoms with E-state index in [2.05, 4.69) is 48.6 Å². The van der Waals surface area contributed by atoms with Crippen molar-refractivity contribution in [2.75, 3.05) is 13.1 Å². The molecule has 1 fully saturated rings. The van der Waals surface area contributed by atoms with E-state index in [4.69, 9.17) is 0 Å². The number of amides is 1. The smallest absolute Gasteiger partial charge is 0.264 e. The number of carbonyl (C=O) groups excluding carboxylic acids is 1. The molecule has 30 heavy (non-hydrogen) atoms. The number of nitrogens with zero attached hydrogens (tertiary/aromatic N) is 2. The number of aromatic amines is 1. The van der Waals surface area contributed by atoms with Crippen LogP contribution >= 0.6 is 23.1 Å². The molecule has 0 bridgehead atoms. The molecule has 0 saturated carbocycles. The second-order valence-electron chi connectivity index (χ2n) is 7.85. The Hall–Kier alpha value is -2.38. The normalized spacial score (nSPS) is 14.5. The van der Waals surface area contributed by atoms with Crippen LogP contribution < -0.4 is 5.56 Å². The maximum atomic E-state index is 13.0. The van der Waals surface area contributed by atoms with Crippen LogP contribution in [-0.2, 0) is 5.75 Å². The number of thioether (sulfide) groups is 1. The molecule has 3 aromatic rings. The molecule has 0 radical (unpaired) electrons. The third-order valence-corrected chi connectivity index (χ3v) is 7.85. The van der Waals surface area contributed by atoms with E-state index in [1.54, 1.807) is 11.8 Å². The average molecular weight is 440 g/mol. The molecule has 156 valence electrons. The number of piperidine rings is 1. The highest BCUT2D eigenvalue weighted by Crippen LogP contribution is 2.31. The number of fused-ring (bicyclic) bond motifs is 1. The number of aryl methyl sites for hydroxylation is 3. The molecule has 1 N–H and O–H groups in total. The maximum absolute atomic E-state index is 13.0. The fraction of sp³-hybridized carbons (Fsp3) is 0.348. The van der Waals surface area contributed by atoms with Crippen LogP contribution in [0.25, 0.3) is 10.2 Å². The Balaban J connectivity index is 1.61. The van der Waals surface area contributed by atoms with Crippen LogP contribution in [0.4, 0.5) is 0 Å². The first-order chi connectivity index (χ1) is 14.3. The Morgan fingerprint density at radius 1 is 1.27 bits per heavy atom. The van der Waals surface area contributed by atoms with E-state index in [-0.39, 0.29) is 11.5 Å². The highest BCUT2D eigenvalue weighted by molar-refractivity contribution is 7.98. The summed E-state index contributed by atoms with van der Waals surface area (Å²) in [6.45, 7) is 11.4. The largest absolute Gasteiger partial charge is 0.337 e. The van der Waals surface area contributed by atoms with Gasteiger partial charge in [-0.15, -0.1) is 23.1 Å². The summed E-state index contributed by atoms with van der Waals surface area (Å²) in [7, 11) is 0. The number of carbonyl (C=O) groups is 1. The lowest BCUT2D eigenvalue weighted by molar-refractivity contribution is 0.0748. The van der Waals surface area contributed by atoms with Crippen molar-refractivity contribution in [2.24, 2.45) is 0 Å². The second-order valence-corrected chi connectivity index (χ2v) is 9.87. The van der Waals surface area contributed by atoms with Gasteiger partial charge in [-0.3, -0.25) is 9.59 Å². The Labute approximate surface area is 184 Å². The number of likely N-dealkylation sites (tertiary alicyclic amines) is 1. The molecule has 1 amide bonds. The van der Waals surface area contributed by atoms with E-state index in [9.17, 15) is 9.59 Å². The topological polar surface area (TPSA) is 66.1 Å². The molecule has 0 spiro atoms. The molecule has 0 atom stereocenters. The molecule has 2 aromatic heterocycles. The maximum Gasteiger partial charge on any atom is 0.264 e. The second kappa shape index (κ2) is 8.40. The summed E-state index contributed by atoms with van der Waals surface area (Å²) in [5.74, 6) is 1.20. The zero-order chi connectivity index (χ0) is 21.4. The van der Waals surface area contributed by atoms with E-state index in [1.165, 1.54) is 32.9 Å². The van der Waals surface area contributed by atoms with Crippen LogP contribution in [0.2, 0.25) is 0 Å². The summed E-state index contributed by atoms with van der Waals surface area (Å²) in [4.78, 5) is 37.7. The Bertz CT molecular complexity index is 1200. The van der Waals surface area contributed by atoms with Crippen molar-refractivity contribution in [1.82, 2.24) is 14.9 Å². The predicted molar refractivity (Wildman–Crippen MR) is 125 cm³/mol. The predicted octanol–water partition coefficient (Wildman–Crippen LogP) is 4.99. The summed E-state index contributed by atoms with van der Waals surface area (Å²) in [6.07, 6.45) is 1.68. The summed E-state index contributed by atoms with van der Waals surface area (Å²) in [5.41, 5.74) is 4.16. The number of benzene rings is 1. The fourth-order valence-corrected chi connectivity index (χ4v) is 5.80. The van der Waals surface area contributed by atoms with Gasteiger partial charge in [-0.1, -0.05) is 29.8 Å². The third kappa shape index (κ3) is 4.09. The van der Waals surface area contributed by atoms with Gasteiger partial charge in [0.2, 0.25) is 0 Å². The van der Waals surface area contributed by atoms with Gasteiger partial charge in [0.25, 0.3) is 11.5 Å². The van der Waals surface area contributed by atoms with Crippen molar-refractivity contribution < 1.29 is 4.79 Å². The summed E-state index contributed by atoms with van der Waals surface area (Å²) in [6, 6.07) is 6.35. The average Bonchev–Trinajstić information content (AvgIpc) is 3.05. The molecule has 1 aromatic carbocycles. The van der Waals surface area contributed by atoms with Gasteiger partial charge in [-0.2, -0.15) is 0 Å². The van der Waals surface area contributed by atoms with E-state index in [1.807, 2.05) is 11.8 Å². The number of H-pyrrole nitrogens is 1. The monoisotopic (exact) mass is 439 g/mol. The SMILES string of the molecule is C=C1CCN(C(=O)c2sc3nc(CSc4cc(C)ccc4C)[nH]c(=O)c3c2C)CC1. The van der Waals surface area contributed by atoms with Gasteiger partial charge in [0.05, 0.1) is 16.0 Å². The zero-order valence-electron chi connectivity index (χ0n) is 17.5. The molecule has 1 saturated heterocycles. The quantitative estimate of drug-likeness (QED) is 0.459. The van der Waals surface area contributed by atoms with Crippen LogP contribution in [0.3, 0.4) is 0 Å². The van der Waals surface area contributed by atoms with Crippen LogP contribution in [0, 0.1) is 20.8 Å². The molecule has 1 aliphatic heterocycles. The Morgan fingerprint density at radius 3 is 2.73 bits per heavy atom. The van der Waals surface area contributed by atoms with Gasteiger partial charge in [-0.05, 0) is 50.8 Å². The molecule has 3 heterocycles. The highest BCUT2D eigenvalue weighted by Gasteiger charge is 2.25. The summed E-state index contributed by atoms with van der Waals surface area (Å²) in [5, 5.41) is 0.533. The number of nitrogens with one attached hydrogen (secondary N) is 1. The van der Waals surface area contributed by atoms with Crippen molar-refractivity contribution in [3.8, 4) is 0 Å². The molecular formula is C23H25N3O2S2. The summed E-state index contributed by atoms with van der Waals surface area (Å²) >= 11 is 2.99. The minimum atomic E-state index is -0.170. The number of rotatable bonds is 4. The number of thiophene rings is 1. The van der Waals surface area contributed by atoms with Gasteiger partial charge in [0.1, 0.15) is 10.7 Å². The van der Waals surface area contributed by atoms with E-state index >= 15 is 0 Å². The van der Waals surface area contributed by atoms with Crippen LogP contribution in [0.5, 0.6) is 0 Å².